The zero-order valence-electron chi connectivity index (χ0n) is 13.9. The Kier molecular flexibility index (Phi) is 6.16. The number of benzene rings is 2. The molecule has 2 aromatic rings. The molecule has 2 rings (SSSR count). The van der Waals surface area contributed by atoms with Gasteiger partial charge in [0, 0.05) is 42.5 Å². The Bertz CT molecular complexity index is 724. The molecule has 132 valence electrons. The van der Waals surface area contributed by atoms with E-state index in [1.807, 2.05) is 0 Å². The number of anilines is 1. The van der Waals surface area contributed by atoms with Crippen molar-refractivity contribution in [3.63, 3.8) is 0 Å². The van der Waals surface area contributed by atoms with Gasteiger partial charge in [0.15, 0.2) is 0 Å². The molecule has 0 bridgehead atoms. The van der Waals surface area contributed by atoms with Gasteiger partial charge in [-0.15, -0.1) is 0 Å². The van der Waals surface area contributed by atoms with Crippen LogP contribution < -0.4 is 20.1 Å². The van der Waals surface area contributed by atoms with E-state index in [2.05, 4.69) is 10.6 Å². The second-order valence-corrected chi connectivity index (χ2v) is 5.09. The first-order valence-corrected chi connectivity index (χ1v) is 7.53. The molecule has 0 unspecified atom stereocenters. The summed E-state index contributed by atoms with van der Waals surface area (Å²) in [5.74, 6) is 0.824. The third-order valence-corrected chi connectivity index (χ3v) is 3.43. The molecular weight excluding hydrogens is 326 g/mol. The van der Waals surface area contributed by atoms with Crippen molar-refractivity contribution in [2.75, 3.05) is 32.6 Å². The Balaban J connectivity index is 1.85. The molecule has 2 aromatic carbocycles. The standard InChI is InChI=1S/C17H19N3O5/c1-24-15-9-12(10-16(11-15)25-2)17(21)19-8-7-18-13-3-5-14(6-4-13)20(22)23/h3-6,9-11,18H,7-8H2,1-2H3,(H,19,21). The Morgan fingerprint density at radius 1 is 1.04 bits per heavy atom. The summed E-state index contributed by atoms with van der Waals surface area (Å²) >= 11 is 0. The number of amides is 1. The van der Waals surface area contributed by atoms with Gasteiger partial charge in [-0.2, -0.15) is 0 Å². The Hall–Kier alpha value is -3.29. The highest BCUT2D eigenvalue weighted by atomic mass is 16.6. The number of ether oxygens (including phenoxy) is 2. The highest BCUT2D eigenvalue weighted by molar-refractivity contribution is 5.95. The summed E-state index contributed by atoms with van der Waals surface area (Å²) in [6.07, 6.45) is 0. The van der Waals surface area contributed by atoms with Crippen molar-refractivity contribution in [1.29, 1.82) is 0 Å². The van der Waals surface area contributed by atoms with Gasteiger partial charge in [-0.1, -0.05) is 0 Å². The fourth-order valence-electron chi connectivity index (χ4n) is 2.12. The second kappa shape index (κ2) is 8.53. The third kappa shape index (κ3) is 5.10. The molecule has 0 radical (unpaired) electrons. The van der Waals surface area contributed by atoms with Gasteiger partial charge in [0.05, 0.1) is 19.1 Å². The monoisotopic (exact) mass is 345 g/mol. The maximum Gasteiger partial charge on any atom is 0.269 e. The molecule has 0 aromatic heterocycles. The van der Waals surface area contributed by atoms with Crippen LogP contribution in [0.2, 0.25) is 0 Å². The first-order valence-electron chi connectivity index (χ1n) is 7.53. The summed E-state index contributed by atoms with van der Waals surface area (Å²) < 4.78 is 10.3. The number of methoxy groups -OCH3 is 2. The number of hydrogen-bond acceptors (Lipinski definition) is 6. The van der Waals surface area contributed by atoms with E-state index in [4.69, 9.17) is 9.47 Å². The number of nitro benzene ring substituents is 1. The van der Waals surface area contributed by atoms with Crippen molar-refractivity contribution >= 4 is 17.3 Å². The van der Waals surface area contributed by atoms with Crippen LogP contribution in [0.3, 0.4) is 0 Å². The maximum atomic E-state index is 12.2. The zero-order chi connectivity index (χ0) is 18.2. The lowest BCUT2D eigenvalue weighted by Crippen LogP contribution is -2.28. The van der Waals surface area contributed by atoms with Gasteiger partial charge in [-0.05, 0) is 24.3 Å². The summed E-state index contributed by atoms with van der Waals surface area (Å²) in [6.45, 7) is 0.861. The molecule has 8 nitrogen and oxygen atoms in total. The number of nitrogens with zero attached hydrogens (tertiary/aromatic N) is 1. The average molecular weight is 345 g/mol. The molecule has 0 fully saturated rings. The van der Waals surface area contributed by atoms with E-state index < -0.39 is 4.92 Å². The zero-order valence-corrected chi connectivity index (χ0v) is 13.9. The van der Waals surface area contributed by atoms with E-state index >= 15 is 0 Å². The number of non-ortho nitro benzene ring substituents is 1. The van der Waals surface area contributed by atoms with Crippen LogP contribution in [-0.2, 0) is 0 Å². The predicted octanol–water partition coefficient (Wildman–Crippen LogP) is 2.45. The van der Waals surface area contributed by atoms with Gasteiger partial charge in [-0.25, -0.2) is 0 Å². The molecule has 0 aliphatic heterocycles. The van der Waals surface area contributed by atoms with Gasteiger partial charge < -0.3 is 20.1 Å². The summed E-state index contributed by atoms with van der Waals surface area (Å²) in [7, 11) is 3.04. The first kappa shape index (κ1) is 18.1. The minimum Gasteiger partial charge on any atom is -0.497 e. The van der Waals surface area contributed by atoms with E-state index in [0.29, 0.717) is 30.2 Å². The fraction of sp³-hybridized carbons (Fsp3) is 0.235. The van der Waals surface area contributed by atoms with E-state index in [1.54, 1.807) is 30.3 Å². The minimum atomic E-state index is -0.452. The van der Waals surface area contributed by atoms with Crippen LogP contribution in [0.5, 0.6) is 11.5 Å². The molecule has 2 N–H and O–H groups in total. The second-order valence-electron chi connectivity index (χ2n) is 5.09. The van der Waals surface area contributed by atoms with Crippen LogP contribution in [0.15, 0.2) is 42.5 Å². The van der Waals surface area contributed by atoms with Gasteiger partial charge in [0.1, 0.15) is 11.5 Å². The minimum absolute atomic E-state index is 0.0332. The highest BCUT2D eigenvalue weighted by Gasteiger charge is 2.09. The van der Waals surface area contributed by atoms with Gasteiger partial charge >= 0.3 is 0 Å². The lowest BCUT2D eigenvalue weighted by Gasteiger charge is -2.10. The van der Waals surface area contributed by atoms with Crippen LogP contribution in [0, 0.1) is 10.1 Å². The lowest BCUT2D eigenvalue weighted by atomic mass is 10.2. The van der Waals surface area contributed by atoms with Crippen LogP contribution >= 0.6 is 0 Å². The van der Waals surface area contributed by atoms with Crippen molar-refractivity contribution in [1.82, 2.24) is 5.32 Å². The normalized spacial score (nSPS) is 10.0. The van der Waals surface area contributed by atoms with Crippen molar-refractivity contribution in [3.8, 4) is 11.5 Å². The topological polar surface area (TPSA) is 103 Å². The fourth-order valence-corrected chi connectivity index (χ4v) is 2.12. The van der Waals surface area contributed by atoms with Gasteiger partial charge in [0.2, 0.25) is 0 Å². The molecule has 1 amide bonds. The number of carbonyl (C=O) groups is 1. The van der Waals surface area contributed by atoms with E-state index in [9.17, 15) is 14.9 Å². The largest absolute Gasteiger partial charge is 0.497 e. The number of nitrogens with one attached hydrogen (secondary N) is 2. The van der Waals surface area contributed by atoms with Gasteiger partial charge in [-0.3, -0.25) is 14.9 Å². The van der Waals surface area contributed by atoms with E-state index in [1.165, 1.54) is 26.4 Å². The molecule has 0 aliphatic carbocycles. The molecule has 0 aliphatic rings. The summed E-state index contributed by atoms with van der Waals surface area (Å²) in [6, 6.07) is 11.0. The molecule has 0 spiro atoms. The highest BCUT2D eigenvalue weighted by Crippen LogP contribution is 2.22. The lowest BCUT2D eigenvalue weighted by molar-refractivity contribution is -0.384. The summed E-state index contributed by atoms with van der Waals surface area (Å²) in [4.78, 5) is 22.3. The molecule has 0 saturated carbocycles. The maximum absolute atomic E-state index is 12.2. The molecule has 0 heterocycles. The van der Waals surface area contributed by atoms with E-state index in [-0.39, 0.29) is 11.6 Å². The molecule has 8 heteroatoms. The van der Waals surface area contributed by atoms with E-state index in [0.717, 1.165) is 5.69 Å². The van der Waals surface area contributed by atoms with Crippen LogP contribution in [0.4, 0.5) is 11.4 Å². The predicted molar refractivity (Wildman–Crippen MR) is 93.5 cm³/mol. The number of hydrogen-bond donors (Lipinski definition) is 2. The summed E-state index contributed by atoms with van der Waals surface area (Å²) in [5, 5.41) is 16.5. The van der Waals surface area contributed by atoms with Crippen LogP contribution in [0.25, 0.3) is 0 Å². The first-order chi connectivity index (χ1) is 12.0. The van der Waals surface area contributed by atoms with Crippen LogP contribution in [-0.4, -0.2) is 38.1 Å². The quantitative estimate of drug-likeness (QED) is 0.433. The van der Waals surface area contributed by atoms with Crippen molar-refractivity contribution in [2.24, 2.45) is 0 Å². The van der Waals surface area contributed by atoms with Crippen molar-refractivity contribution in [3.05, 3.63) is 58.1 Å². The number of carbonyl (C=O) groups excluding carboxylic acids is 1. The molecule has 0 atom stereocenters. The Morgan fingerprint density at radius 2 is 1.64 bits per heavy atom. The number of nitro groups is 1. The SMILES string of the molecule is COc1cc(OC)cc(C(=O)NCCNc2ccc([N+](=O)[O-])cc2)c1. The van der Waals surface area contributed by atoms with Gasteiger partial charge in [0.25, 0.3) is 11.6 Å². The Labute approximate surface area is 144 Å². The van der Waals surface area contributed by atoms with Crippen molar-refractivity contribution < 1.29 is 19.2 Å². The average Bonchev–Trinajstić information content (AvgIpc) is 2.64. The molecule has 25 heavy (non-hydrogen) atoms. The summed E-state index contributed by atoms with van der Waals surface area (Å²) in [5.41, 5.74) is 1.21. The third-order valence-electron chi connectivity index (χ3n) is 3.43. The molecule has 0 saturated heterocycles. The number of rotatable bonds is 8. The Morgan fingerprint density at radius 3 is 2.16 bits per heavy atom. The van der Waals surface area contributed by atoms with Crippen LogP contribution in [0.1, 0.15) is 10.4 Å². The smallest absolute Gasteiger partial charge is 0.269 e. The molecular formula is C17H19N3O5. The van der Waals surface area contributed by atoms with Crippen molar-refractivity contribution in [2.45, 2.75) is 0 Å².